The second-order valence-corrected chi connectivity index (χ2v) is 5.62. The van der Waals surface area contributed by atoms with E-state index in [-0.39, 0.29) is 5.56 Å². The van der Waals surface area contributed by atoms with Crippen LogP contribution in [0.5, 0.6) is 0 Å². The SMILES string of the molecule is O=C(O)c1cn(Cc2ccccc2Cl)nc1-c1nccs1. The van der Waals surface area contributed by atoms with Crippen LogP contribution in [0.25, 0.3) is 10.7 Å². The van der Waals surface area contributed by atoms with Crippen LogP contribution in [-0.4, -0.2) is 25.8 Å². The third-order valence-corrected chi connectivity index (χ3v) is 4.07. The van der Waals surface area contributed by atoms with Crippen LogP contribution >= 0.6 is 22.9 Å². The maximum Gasteiger partial charge on any atom is 0.339 e. The largest absolute Gasteiger partial charge is 0.478 e. The third kappa shape index (κ3) is 2.81. The molecule has 7 heteroatoms. The molecule has 0 spiro atoms. The number of carbonyl (C=O) groups is 1. The van der Waals surface area contributed by atoms with E-state index in [2.05, 4.69) is 10.1 Å². The normalized spacial score (nSPS) is 10.7. The van der Waals surface area contributed by atoms with Crippen molar-refractivity contribution >= 4 is 28.9 Å². The molecule has 3 aromatic rings. The minimum absolute atomic E-state index is 0.136. The molecular weight excluding hydrogens is 310 g/mol. The van der Waals surface area contributed by atoms with Crippen molar-refractivity contribution in [2.45, 2.75) is 6.54 Å². The first-order chi connectivity index (χ1) is 10.1. The molecule has 0 atom stereocenters. The molecule has 0 aliphatic rings. The Hall–Kier alpha value is -2.18. The lowest BCUT2D eigenvalue weighted by atomic mass is 10.2. The molecule has 2 heterocycles. The molecule has 0 saturated carbocycles. The van der Waals surface area contributed by atoms with Crippen molar-refractivity contribution in [2.75, 3.05) is 0 Å². The molecule has 0 fully saturated rings. The standard InChI is InChI=1S/C14H10ClN3O2S/c15-11-4-2-1-3-9(11)7-18-8-10(14(19)20)12(17-18)13-16-5-6-21-13/h1-6,8H,7H2,(H,19,20). The second-order valence-electron chi connectivity index (χ2n) is 4.32. The van der Waals surface area contributed by atoms with Gasteiger partial charge in [-0.05, 0) is 11.6 Å². The summed E-state index contributed by atoms with van der Waals surface area (Å²) < 4.78 is 1.57. The van der Waals surface area contributed by atoms with E-state index < -0.39 is 5.97 Å². The Bertz CT molecular complexity index is 783. The highest BCUT2D eigenvalue weighted by Crippen LogP contribution is 2.25. The lowest BCUT2D eigenvalue weighted by Crippen LogP contribution is -2.01. The molecule has 0 unspecified atom stereocenters. The summed E-state index contributed by atoms with van der Waals surface area (Å²) in [6.45, 7) is 0.408. The summed E-state index contributed by atoms with van der Waals surface area (Å²) in [6.07, 6.45) is 3.13. The summed E-state index contributed by atoms with van der Waals surface area (Å²) in [5, 5.41) is 16.6. The van der Waals surface area contributed by atoms with E-state index in [1.54, 1.807) is 22.3 Å². The van der Waals surface area contributed by atoms with Crippen LogP contribution in [0.4, 0.5) is 0 Å². The highest BCUT2D eigenvalue weighted by atomic mass is 35.5. The van der Waals surface area contributed by atoms with Gasteiger partial charge in [-0.3, -0.25) is 4.68 Å². The number of rotatable bonds is 4. The van der Waals surface area contributed by atoms with Crippen molar-refractivity contribution in [1.82, 2.24) is 14.8 Å². The maximum absolute atomic E-state index is 11.3. The molecule has 1 N–H and O–H groups in total. The van der Waals surface area contributed by atoms with Gasteiger partial charge in [0, 0.05) is 22.8 Å². The van der Waals surface area contributed by atoms with Gasteiger partial charge in [0.05, 0.1) is 6.54 Å². The summed E-state index contributed by atoms with van der Waals surface area (Å²) >= 11 is 7.47. The average molecular weight is 320 g/mol. The zero-order valence-electron chi connectivity index (χ0n) is 10.7. The molecule has 0 saturated heterocycles. The average Bonchev–Trinajstić information content (AvgIpc) is 3.10. The Labute approximate surface area is 129 Å². The van der Waals surface area contributed by atoms with E-state index in [4.69, 9.17) is 11.6 Å². The van der Waals surface area contributed by atoms with Gasteiger partial charge in [0.15, 0.2) is 0 Å². The number of benzene rings is 1. The van der Waals surface area contributed by atoms with E-state index in [0.29, 0.717) is 22.3 Å². The van der Waals surface area contributed by atoms with Gasteiger partial charge in [-0.1, -0.05) is 29.8 Å². The fraction of sp³-hybridized carbons (Fsp3) is 0.0714. The smallest absolute Gasteiger partial charge is 0.339 e. The Morgan fingerprint density at radius 3 is 2.86 bits per heavy atom. The molecular formula is C14H10ClN3O2S. The number of carboxylic acids is 1. The minimum atomic E-state index is -1.02. The van der Waals surface area contributed by atoms with Gasteiger partial charge in [0.2, 0.25) is 0 Å². The molecule has 3 rings (SSSR count). The van der Waals surface area contributed by atoms with Crippen LogP contribution in [0.2, 0.25) is 5.02 Å². The number of hydrogen-bond donors (Lipinski definition) is 1. The predicted octanol–water partition coefficient (Wildman–Crippen LogP) is 3.41. The minimum Gasteiger partial charge on any atom is -0.478 e. The Morgan fingerprint density at radius 1 is 1.38 bits per heavy atom. The molecule has 0 aliphatic carbocycles. The molecule has 0 amide bonds. The van der Waals surface area contributed by atoms with Gasteiger partial charge in [0.25, 0.3) is 0 Å². The number of aromatic nitrogens is 3. The zero-order chi connectivity index (χ0) is 14.8. The number of thiazole rings is 1. The number of halogens is 1. The summed E-state index contributed by atoms with van der Waals surface area (Å²) in [5.74, 6) is -1.02. The van der Waals surface area contributed by atoms with Crippen molar-refractivity contribution in [3.63, 3.8) is 0 Å². The molecule has 0 radical (unpaired) electrons. The topological polar surface area (TPSA) is 68.0 Å². The first-order valence-corrected chi connectivity index (χ1v) is 7.35. The number of carboxylic acid groups (broad SMARTS) is 1. The van der Waals surface area contributed by atoms with Crippen molar-refractivity contribution in [3.05, 3.63) is 58.2 Å². The van der Waals surface area contributed by atoms with Gasteiger partial charge in [-0.2, -0.15) is 5.10 Å². The maximum atomic E-state index is 11.3. The fourth-order valence-electron chi connectivity index (χ4n) is 1.96. The fourth-order valence-corrected chi connectivity index (χ4v) is 2.79. The van der Waals surface area contributed by atoms with Crippen LogP contribution in [0, 0.1) is 0 Å². The van der Waals surface area contributed by atoms with Gasteiger partial charge < -0.3 is 5.11 Å². The molecule has 2 aromatic heterocycles. The summed E-state index contributed by atoms with van der Waals surface area (Å²) in [4.78, 5) is 15.5. The van der Waals surface area contributed by atoms with Crippen molar-refractivity contribution in [2.24, 2.45) is 0 Å². The molecule has 21 heavy (non-hydrogen) atoms. The first kappa shape index (κ1) is 13.8. The van der Waals surface area contributed by atoms with Gasteiger partial charge in [-0.15, -0.1) is 11.3 Å². The molecule has 0 aliphatic heterocycles. The van der Waals surface area contributed by atoms with Crippen LogP contribution in [0.1, 0.15) is 15.9 Å². The van der Waals surface area contributed by atoms with E-state index in [1.807, 2.05) is 18.2 Å². The van der Waals surface area contributed by atoms with Gasteiger partial charge in [0.1, 0.15) is 16.3 Å². The highest BCUT2D eigenvalue weighted by molar-refractivity contribution is 7.13. The number of nitrogens with zero attached hydrogens (tertiary/aromatic N) is 3. The van der Waals surface area contributed by atoms with Crippen molar-refractivity contribution in [3.8, 4) is 10.7 Å². The van der Waals surface area contributed by atoms with E-state index >= 15 is 0 Å². The van der Waals surface area contributed by atoms with Gasteiger partial charge in [-0.25, -0.2) is 9.78 Å². The van der Waals surface area contributed by atoms with Crippen molar-refractivity contribution in [1.29, 1.82) is 0 Å². The second kappa shape index (κ2) is 5.67. The van der Waals surface area contributed by atoms with Crippen LogP contribution in [-0.2, 0) is 6.54 Å². The highest BCUT2D eigenvalue weighted by Gasteiger charge is 2.19. The van der Waals surface area contributed by atoms with E-state index in [1.165, 1.54) is 17.5 Å². The lowest BCUT2D eigenvalue weighted by molar-refractivity contribution is 0.0697. The molecule has 1 aromatic carbocycles. The summed E-state index contributed by atoms with van der Waals surface area (Å²) in [7, 11) is 0. The van der Waals surface area contributed by atoms with Crippen molar-refractivity contribution < 1.29 is 9.90 Å². The summed E-state index contributed by atoms with van der Waals surface area (Å²) in [6, 6.07) is 7.40. The van der Waals surface area contributed by atoms with Crippen LogP contribution < -0.4 is 0 Å². The number of hydrogen-bond acceptors (Lipinski definition) is 4. The third-order valence-electron chi connectivity index (χ3n) is 2.92. The van der Waals surface area contributed by atoms with Gasteiger partial charge >= 0.3 is 5.97 Å². The predicted molar refractivity (Wildman–Crippen MR) is 80.8 cm³/mol. The summed E-state index contributed by atoms with van der Waals surface area (Å²) in [5.41, 5.74) is 1.39. The molecule has 0 bridgehead atoms. The van der Waals surface area contributed by atoms with E-state index in [0.717, 1.165) is 5.56 Å². The quantitative estimate of drug-likeness (QED) is 0.800. The van der Waals surface area contributed by atoms with Crippen LogP contribution in [0.3, 0.4) is 0 Å². The lowest BCUT2D eigenvalue weighted by Gasteiger charge is -2.03. The zero-order valence-corrected chi connectivity index (χ0v) is 12.3. The molecule has 5 nitrogen and oxygen atoms in total. The van der Waals surface area contributed by atoms with E-state index in [9.17, 15) is 9.90 Å². The Balaban J connectivity index is 2.00. The molecule has 106 valence electrons. The number of aromatic carboxylic acids is 1. The Morgan fingerprint density at radius 2 is 2.19 bits per heavy atom. The van der Waals surface area contributed by atoms with Crippen LogP contribution in [0.15, 0.2) is 42.0 Å². The first-order valence-electron chi connectivity index (χ1n) is 6.09. The monoisotopic (exact) mass is 319 g/mol. The Kier molecular flexibility index (Phi) is 3.72.